The minimum atomic E-state index is -2.73. The van der Waals surface area contributed by atoms with Gasteiger partial charge in [0.25, 0.3) is 11.5 Å². The van der Waals surface area contributed by atoms with Crippen LogP contribution < -0.4 is 5.56 Å². The number of aromatic nitrogens is 6. The van der Waals surface area contributed by atoms with Crippen LogP contribution in [0.25, 0.3) is 38.8 Å². The molecule has 0 spiro atoms. The van der Waals surface area contributed by atoms with Gasteiger partial charge in [-0.05, 0) is 43.0 Å². The second kappa shape index (κ2) is 7.56. The Morgan fingerprint density at radius 3 is 2.65 bits per heavy atom. The van der Waals surface area contributed by atoms with Gasteiger partial charge >= 0.3 is 0 Å². The average Bonchev–Trinajstić information content (AvgIpc) is 3.73. The van der Waals surface area contributed by atoms with Crippen molar-refractivity contribution in [1.82, 2.24) is 29.1 Å². The van der Waals surface area contributed by atoms with Gasteiger partial charge in [-0.2, -0.15) is 20.1 Å². The zero-order chi connectivity index (χ0) is 25.5. The highest BCUT2D eigenvalue weighted by Gasteiger charge is 2.58. The van der Waals surface area contributed by atoms with Crippen LogP contribution in [0.5, 0.6) is 0 Å². The van der Waals surface area contributed by atoms with Crippen LogP contribution in [0.2, 0.25) is 0 Å². The Bertz CT molecular complexity index is 1820. The molecule has 37 heavy (non-hydrogen) atoms. The van der Waals surface area contributed by atoms with Gasteiger partial charge in [-0.3, -0.25) is 14.5 Å². The zero-order valence-electron chi connectivity index (χ0n) is 19.9. The summed E-state index contributed by atoms with van der Waals surface area (Å²) < 4.78 is 32.2. The summed E-state index contributed by atoms with van der Waals surface area (Å²) in [4.78, 5) is 18.3. The van der Waals surface area contributed by atoms with E-state index in [1.165, 1.54) is 10.9 Å². The SMILES string of the molecule is Cn1cc2cc(-n3nc4c(C#N)cn(CC5CC5)c4c(-c4ccc([C@H]5CC5(F)F)nc4)c3=O)ccc2n1. The molecule has 2 fully saturated rings. The largest absolute Gasteiger partial charge is 0.344 e. The van der Waals surface area contributed by atoms with E-state index < -0.39 is 11.8 Å². The number of hydrogen-bond acceptors (Lipinski definition) is 5. The van der Waals surface area contributed by atoms with Gasteiger partial charge in [0.2, 0.25) is 0 Å². The molecule has 10 heteroatoms. The summed E-state index contributed by atoms with van der Waals surface area (Å²) in [7, 11) is 1.82. The Morgan fingerprint density at radius 1 is 1.16 bits per heavy atom. The fraction of sp³-hybridized carbons (Fsp3) is 0.296. The number of nitrogens with zero attached hydrogens (tertiary/aromatic N) is 7. The van der Waals surface area contributed by atoms with E-state index >= 15 is 0 Å². The van der Waals surface area contributed by atoms with Crippen LogP contribution in [-0.2, 0) is 13.6 Å². The molecular weight excluding hydrogens is 476 g/mol. The van der Waals surface area contributed by atoms with E-state index in [2.05, 4.69) is 21.3 Å². The quantitative estimate of drug-likeness (QED) is 0.355. The van der Waals surface area contributed by atoms with Crippen molar-refractivity contribution >= 4 is 21.9 Å². The molecule has 184 valence electrons. The molecule has 5 aromatic rings. The normalized spacial score (nSPS) is 18.4. The van der Waals surface area contributed by atoms with E-state index in [4.69, 9.17) is 0 Å². The van der Waals surface area contributed by atoms with Crippen molar-refractivity contribution in [2.45, 2.75) is 37.6 Å². The van der Waals surface area contributed by atoms with Gasteiger partial charge in [0, 0.05) is 55.2 Å². The monoisotopic (exact) mass is 497 g/mol. The van der Waals surface area contributed by atoms with Crippen LogP contribution in [0.4, 0.5) is 8.78 Å². The third kappa shape index (κ3) is 3.53. The van der Waals surface area contributed by atoms with Crippen LogP contribution >= 0.6 is 0 Å². The van der Waals surface area contributed by atoms with Crippen molar-refractivity contribution in [3.8, 4) is 22.9 Å². The van der Waals surface area contributed by atoms with Gasteiger partial charge in [-0.1, -0.05) is 6.07 Å². The minimum Gasteiger partial charge on any atom is -0.344 e. The number of nitriles is 1. The molecule has 4 aromatic heterocycles. The van der Waals surface area contributed by atoms with Gasteiger partial charge < -0.3 is 4.57 Å². The van der Waals surface area contributed by atoms with E-state index in [1.807, 2.05) is 29.9 Å². The molecule has 1 atom stereocenters. The molecule has 2 saturated carbocycles. The number of hydrogen-bond donors (Lipinski definition) is 0. The van der Waals surface area contributed by atoms with Crippen LogP contribution in [-0.4, -0.2) is 35.0 Å². The molecule has 0 N–H and O–H groups in total. The average molecular weight is 498 g/mol. The van der Waals surface area contributed by atoms with E-state index in [0.29, 0.717) is 51.6 Å². The summed E-state index contributed by atoms with van der Waals surface area (Å²) in [6, 6.07) is 10.9. The molecule has 0 bridgehead atoms. The first-order chi connectivity index (χ1) is 17.8. The molecule has 8 nitrogen and oxygen atoms in total. The molecule has 0 saturated heterocycles. The Hall–Kier alpha value is -4.39. The Morgan fingerprint density at radius 2 is 1.97 bits per heavy atom. The van der Waals surface area contributed by atoms with E-state index in [-0.39, 0.29) is 12.0 Å². The number of halogens is 2. The van der Waals surface area contributed by atoms with Gasteiger partial charge in [0.05, 0.1) is 33.8 Å². The highest BCUT2D eigenvalue weighted by Crippen LogP contribution is 2.55. The van der Waals surface area contributed by atoms with Crippen molar-refractivity contribution in [2.75, 3.05) is 0 Å². The molecule has 0 unspecified atom stereocenters. The lowest BCUT2D eigenvalue weighted by Gasteiger charge is -2.13. The molecule has 0 amide bonds. The fourth-order valence-electron chi connectivity index (χ4n) is 5.06. The molecule has 1 aromatic carbocycles. The second-order valence-electron chi connectivity index (χ2n) is 10.1. The zero-order valence-corrected chi connectivity index (χ0v) is 19.9. The minimum absolute atomic E-state index is 0.210. The lowest BCUT2D eigenvalue weighted by atomic mass is 10.1. The molecular formula is C27H21F2N7O. The lowest BCUT2D eigenvalue weighted by Crippen LogP contribution is -2.24. The standard InChI is InChI=1S/C27H21F2N7O/c1-34-13-17-8-19(5-7-21(17)32-34)36-26(37)23(16-4-6-22(31-11-16)20-9-27(20,28)29)25-24(33-36)18(10-30)14-35(25)12-15-2-3-15/h4-8,11,13-15,20H,2-3,9,12H2,1H3/t20-/m1/s1. The number of fused-ring (bicyclic) bond motifs is 2. The van der Waals surface area contributed by atoms with Crippen molar-refractivity contribution in [3.05, 3.63) is 70.5 Å². The summed E-state index contributed by atoms with van der Waals surface area (Å²) in [5.41, 5.74) is 3.46. The molecule has 2 aliphatic rings. The van der Waals surface area contributed by atoms with Crippen molar-refractivity contribution in [1.29, 1.82) is 5.26 Å². The van der Waals surface area contributed by atoms with Gasteiger partial charge in [-0.25, -0.2) is 8.78 Å². The van der Waals surface area contributed by atoms with Crippen LogP contribution in [0, 0.1) is 17.2 Å². The summed E-state index contributed by atoms with van der Waals surface area (Å²) in [5.74, 6) is -3.12. The lowest BCUT2D eigenvalue weighted by molar-refractivity contribution is 0.111. The van der Waals surface area contributed by atoms with Gasteiger partial charge in [0.1, 0.15) is 11.6 Å². The number of aryl methyl sites for hydroxylation is 1. The maximum Gasteiger partial charge on any atom is 0.281 e. The first-order valence-electron chi connectivity index (χ1n) is 12.2. The summed E-state index contributed by atoms with van der Waals surface area (Å²) in [5, 5.41) is 19.8. The third-order valence-corrected chi connectivity index (χ3v) is 7.27. The first-order valence-corrected chi connectivity index (χ1v) is 12.2. The molecule has 4 heterocycles. The van der Waals surface area contributed by atoms with Gasteiger partial charge in [-0.15, -0.1) is 0 Å². The predicted octanol–water partition coefficient (Wildman–Crippen LogP) is 4.54. The van der Waals surface area contributed by atoms with Crippen molar-refractivity contribution < 1.29 is 8.78 Å². The number of pyridine rings is 1. The fourth-order valence-corrected chi connectivity index (χ4v) is 5.06. The maximum absolute atomic E-state index is 14.0. The van der Waals surface area contributed by atoms with Crippen molar-refractivity contribution in [2.24, 2.45) is 13.0 Å². The Kier molecular flexibility index (Phi) is 4.46. The molecule has 2 aliphatic carbocycles. The van der Waals surface area contributed by atoms with Crippen LogP contribution in [0.3, 0.4) is 0 Å². The summed E-state index contributed by atoms with van der Waals surface area (Å²) >= 11 is 0. The summed E-state index contributed by atoms with van der Waals surface area (Å²) in [6.45, 7) is 0.678. The van der Waals surface area contributed by atoms with Crippen LogP contribution in [0.1, 0.15) is 36.4 Å². The smallest absolute Gasteiger partial charge is 0.281 e. The topological polar surface area (TPSA) is 94.3 Å². The van der Waals surface area contributed by atoms with E-state index in [0.717, 1.165) is 23.7 Å². The number of rotatable bonds is 5. The Balaban J connectivity index is 1.47. The molecule has 7 rings (SSSR count). The maximum atomic E-state index is 14.0. The molecule has 0 radical (unpaired) electrons. The van der Waals surface area contributed by atoms with Crippen LogP contribution in [0.15, 0.2) is 53.7 Å². The summed E-state index contributed by atoms with van der Waals surface area (Å²) in [6.07, 6.45) is 7.07. The van der Waals surface area contributed by atoms with E-state index in [9.17, 15) is 18.8 Å². The van der Waals surface area contributed by atoms with Crippen molar-refractivity contribution in [3.63, 3.8) is 0 Å². The third-order valence-electron chi connectivity index (χ3n) is 7.27. The van der Waals surface area contributed by atoms with E-state index in [1.54, 1.807) is 29.1 Å². The highest BCUT2D eigenvalue weighted by atomic mass is 19.3. The van der Waals surface area contributed by atoms with Gasteiger partial charge in [0.15, 0.2) is 0 Å². The second-order valence-corrected chi connectivity index (χ2v) is 10.1. The predicted molar refractivity (Wildman–Crippen MR) is 133 cm³/mol. The first kappa shape index (κ1) is 21.9. The number of benzene rings is 1. The Labute approximate surface area is 209 Å². The highest BCUT2D eigenvalue weighted by molar-refractivity contribution is 5.95. The number of alkyl halides is 2. The molecule has 0 aliphatic heterocycles.